The molecular formula is C19H17F4N3O2. The molecule has 2 N–H and O–H groups in total. The van der Waals surface area contributed by atoms with Crippen molar-refractivity contribution in [2.24, 2.45) is 5.92 Å². The molecule has 1 aliphatic heterocycles. The number of rotatable bonds is 4. The van der Waals surface area contributed by atoms with Crippen LogP contribution in [0.15, 0.2) is 48.5 Å². The van der Waals surface area contributed by atoms with Gasteiger partial charge in [0.25, 0.3) is 0 Å². The zero-order valence-electron chi connectivity index (χ0n) is 14.6. The van der Waals surface area contributed by atoms with Crippen molar-refractivity contribution in [2.45, 2.75) is 12.6 Å². The van der Waals surface area contributed by atoms with E-state index < -0.39 is 23.6 Å². The number of carbonyl (C=O) groups is 2. The van der Waals surface area contributed by atoms with Gasteiger partial charge in [-0.1, -0.05) is 0 Å². The molecular weight excluding hydrogens is 378 g/mol. The van der Waals surface area contributed by atoms with Crippen LogP contribution in [0.4, 0.5) is 33.7 Å². The van der Waals surface area contributed by atoms with Gasteiger partial charge in [0, 0.05) is 36.8 Å². The van der Waals surface area contributed by atoms with E-state index in [4.69, 9.17) is 0 Å². The van der Waals surface area contributed by atoms with E-state index in [-0.39, 0.29) is 30.5 Å². The topological polar surface area (TPSA) is 61.4 Å². The summed E-state index contributed by atoms with van der Waals surface area (Å²) in [5, 5.41) is 5.06. The number of nitrogens with one attached hydrogen (secondary N) is 2. The Morgan fingerprint density at radius 2 is 1.71 bits per heavy atom. The number of amides is 3. The van der Waals surface area contributed by atoms with Crippen molar-refractivity contribution in [2.75, 3.05) is 23.3 Å². The molecule has 0 bridgehead atoms. The number of hydrogen-bond acceptors (Lipinski definition) is 2. The number of hydrogen-bond donors (Lipinski definition) is 2. The molecule has 2 aromatic carbocycles. The van der Waals surface area contributed by atoms with Crippen LogP contribution in [0.3, 0.4) is 0 Å². The molecule has 9 heteroatoms. The van der Waals surface area contributed by atoms with Crippen LogP contribution in [0.2, 0.25) is 0 Å². The summed E-state index contributed by atoms with van der Waals surface area (Å²) >= 11 is 0. The zero-order chi connectivity index (χ0) is 20.3. The highest BCUT2D eigenvalue weighted by atomic mass is 19.4. The number of anilines is 2. The van der Waals surface area contributed by atoms with E-state index in [9.17, 15) is 27.2 Å². The Hall–Kier alpha value is -3.10. The maximum Gasteiger partial charge on any atom is 0.416 e. The highest BCUT2D eigenvalue weighted by Crippen LogP contribution is 2.30. The average Bonchev–Trinajstić information content (AvgIpc) is 3.01. The summed E-state index contributed by atoms with van der Waals surface area (Å²) in [7, 11) is 0. The van der Waals surface area contributed by atoms with E-state index in [1.54, 1.807) is 0 Å². The summed E-state index contributed by atoms with van der Waals surface area (Å²) < 4.78 is 50.6. The third kappa shape index (κ3) is 4.79. The Kier molecular flexibility index (Phi) is 5.53. The molecule has 0 saturated carbocycles. The van der Waals surface area contributed by atoms with Crippen LogP contribution in [0.5, 0.6) is 0 Å². The largest absolute Gasteiger partial charge is 0.416 e. The maximum atomic E-state index is 13.0. The van der Waals surface area contributed by atoms with E-state index in [1.165, 1.54) is 29.2 Å². The lowest BCUT2D eigenvalue weighted by molar-refractivity contribution is -0.137. The van der Waals surface area contributed by atoms with Crippen LogP contribution >= 0.6 is 0 Å². The molecule has 1 heterocycles. The lowest BCUT2D eigenvalue weighted by Gasteiger charge is -2.17. The number of halogens is 4. The summed E-state index contributed by atoms with van der Waals surface area (Å²) in [5.41, 5.74) is 0.00727. The predicted molar refractivity (Wildman–Crippen MR) is 95.3 cm³/mol. The van der Waals surface area contributed by atoms with E-state index >= 15 is 0 Å². The van der Waals surface area contributed by atoms with Crippen LogP contribution in [-0.2, 0) is 11.0 Å². The number of nitrogens with zero attached hydrogens (tertiary/aromatic N) is 1. The second-order valence-corrected chi connectivity index (χ2v) is 6.46. The minimum atomic E-state index is -4.44. The van der Waals surface area contributed by atoms with Gasteiger partial charge in [-0.2, -0.15) is 13.2 Å². The monoisotopic (exact) mass is 395 g/mol. The Morgan fingerprint density at radius 3 is 2.32 bits per heavy atom. The summed E-state index contributed by atoms with van der Waals surface area (Å²) in [5.74, 6) is -0.647. The Bertz CT molecular complexity index is 851. The fourth-order valence-corrected chi connectivity index (χ4v) is 2.94. The van der Waals surface area contributed by atoms with Gasteiger partial charge in [-0.15, -0.1) is 0 Å². The molecule has 1 saturated heterocycles. The molecule has 28 heavy (non-hydrogen) atoms. The zero-order valence-corrected chi connectivity index (χ0v) is 14.6. The minimum Gasteiger partial charge on any atom is -0.338 e. The van der Waals surface area contributed by atoms with Gasteiger partial charge in [-0.05, 0) is 48.5 Å². The highest BCUT2D eigenvalue weighted by Gasteiger charge is 2.31. The summed E-state index contributed by atoms with van der Waals surface area (Å²) in [4.78, 5) is 25.6. The van der Waals surface area contributed by atoms with Crippen molar-refractivity contribution in [1.82, 2.24) is 5.32 Å². The lowest BCUT2D eigenvalue weighted by atomic mass is 10.1. The molecule has 0 spiro atoms. The normalized spacial score (nSPS) is 16.9. The van der Waals surface area contributed by atoms with Gasteiger partial charge in [-0.25, -0.2) is 9.18 Å². The maximum absolute atomic E-state index is 13.0. The fourth-order valence-electron chi connectivity index (χ4n) is 2.94. The number of urea groups is 1. The van der Waals surface area contributed by atoms with Gasteiger partial charge in [-0.3, -0.25) is 4.79 Å². The highest BCUT2D eigenvalue weighted by molar-refractivity contribution is 5.96. The summed E-state index contributed by atoms with van der Waals surface area (Å²) in [6, 6.07) is 9.08. The SMILES string of the molecule is O=C(NC[C@@H]1CC(=O)N(c2ccc(F)cc2)C1)Nc1ccc(C(F)(F)F)cc1. The number of carbonyl (C=O) groups excluding carboxylic acids is 2. The first-order valence-corrected chi connectivity index (χ1v) is 8.50. The first-order valence-electron chi connectivity index (χ1n) is 8.50. The smallest absolute Gasteiger partial charge is 0.338 e. The number of alkyl halides is 3. The van der Waals surface area contributed by atoms with Gasteiger partial charge in [0.05, 0.1) is 5.56 Å². The molecule has 2 aromatic rings. The lowest BCUT2D eigenvalue weighted by Crippen LogP contribution is -2.34. The second-order valence-electron chi connectivity index (χ2n) is 6.46. The molecule has 1 fully saturated rings. The molecule has 3 amide bonds. The standard InChI is InChI=1S/C19H17F4N3O2/c20-14-3-7-16(8-4-14)26-11-12(9-17(26)27)10-24-18(28)25-15-5-1-13(2-6-15)19(21,22)23/h1-8,12H,9-11H2,(H2,24,25,28)/t12-/m0/s1. The molecule has 1 aliphatic rings. The number of benzene rings is 2. The molecule has 1 atom stereocenters. The minimum absolute atomic E-state index is 0.124. The first-order chi connectivity index (χ1) is 13.2. The van der Waals surface area contributed by atoms with Gasteiger partial charge >= 0.3 is 12.2 Å². The summed E-state index contributed by atoms with van der Waals surface area (Å²) in [6.07, 6.45) is -4.20. The Labute approximate surface area is 158 Å². The Balaban J connectivity index is 1.50. The van der Waals surface area contributed by atoms with Crippen LogP contribution in [0, 0.1) is 11.7 Å². The van der Waals surface area contributed by atoms with Crippen molar-refractivity contribution in [1.29, 1.82) is 0 Å². The van der Waals surface area contributed by atoms with Gasteiger partial charge in [0.1, 0.15) is 5.82 Å². The molecule has 0 radical (unpaired) electrons. The predicted octanol–water partition coefficient (Wildman–Crippen LogP) is 4.02. The van der Waals surface area contributed by atoms with Crippen molar-refractivity contribution >= 4 is 23.3 Å². The van der Waals surface area contributed by atoms with E-state index in [0.29, 0.717) is 12.2 Å². The van der Waals surface area contributed by atoms with Crippen molar-refractivity contribution in [3.63, 3.8) is 0 Å². The molecule has 0 aromatic heterocycles. The van der Waals surface area contributed by atoms with E-state index in [1.807, 2.05) is 0 Å². The first kappa shape index (κ1) is 19.7. The van der Waals surface area contributed by atoms with Gasteiger partial charge in [0.2, 0.25) is 5.91 Å². The van der Waals surface area contributed by atoms with E-state index in [2.05, 4.69) is 10.6 Å². The molecule has 0 aliphatic carbocycles. The molecule has 3 rings (SSSR count). The Morgan fingerprint density at radius 1 is 1.07 bits per heavy atom. The van der Waals surface area contributed by atoms with Crippen LogP contribution in [0.25, 0.3) is 0 Å². The average molecular weight is 395 g/mol. The summed E-state index contributed by atoms with van der Waals surface area (Å²) in [6.45, 7) is 0.598. The fraction of sp³-hybridized carbons (Fsp3) is 0.263. The third-order valence-electron chi connectivity index (χ3n) is 4.36. The van der Waals surface area contributed by atoms with Gasteiger partial charge < -0.3 is 15.5 Å². The van der Waals surface area contributed by atoms with E-state index in [0.717, 1.165) is 24.3 Å². The quantitative estimate of drug-likeness (QED) is 0.769. The second kappa shape index (κ2) is 7.87. The van der Waals surface area contributed by atoms with Crippen LogP contribution in [-0.4, -0.2) is 25.0 Å². The molecule has 148 valence electrons. The van der Waals surface area contributed by atoms with Crippen molar-refractivity contribution < 1.29 is 27.2 Å². The molecule has 0 unspecified atom stereocenters. The van der Waals surface area contributed by atoms with Crippen molar-refractivity contribution in [3.8, 4) is 0 Å². The van der Waals surface area contributed by atoms with Gasteiger partial charge in [0.15, 0.2) is 0 Å². The molecule has 5 nitrogen and oxygen atoms in total. The van der Waals surface area contributed by atoms with Crippen LogP contribution < -0.4 is 15.5 Å². The van der Waals surface area contributed by atoms with Crippen molar-refractivity contribution in [3.05, 3.63) is 59.9 Å². The third-order valence-corrected chi connectivity index (χ3v) is 4.36. The van der Waals surface area contributed by atoms with Crippen LogP contribution in [0.1, 0.15) is 12.0 Å².